The van der Waals surface area contributed by atoms with Gasteiger partial charge >= 0.3 is 12.0 Å². The van der Waals surface area contributed by atoms with Gasteiger partial charge in [0.25, 0.3) is 5.91 Å². The number of esters is 1. The highest BCUT2D eigenvalue weighted by atomic mass is 16.5. The van der Waals surface area contributed by atoms with Crippen molar-refractivity contribution in [1.82, 2.24) is 10.6 Å². The Hall–Kier alpha value is -2.37. The molecule has 110 valence electrons. The summed E-state index contributed by atoms with van der Waals surface area (Å²) >= 11 is 0. The van der Waals surface area contributed by atoms with Crippen LogP contribution in [0.2, 0.25) is 0 Å². The lowest BCUT2D eigenvalue weighted by molar-refractivity contribution is -0.141. The van der Waals surface area contributed by atoms with Crippen LogP contribution in [0.25, 0.3) is 0 Å². The van der Waals surface area contributed by atoms with Crippen molar-refractivity contribution in [2.45, 2.75) is 24.8 Å². The Labute approximate surface area is 121 Å². The first-order chi connectivity index (χ1) is 10.1. The second kappa shape index (κ2) is 5.20. The van der Waals surface area contributed by atoms with Crippen LogP contribution < -0.4 is 10.6 Å². The second-order valence-electron chi connectivity index (χ2n) is 5.39. The third-order valence-corrected chi connectivity index (χ3v) is 4.28. The second-order valence-corrected chi connectivity index (χ2v) is 5.39. The van der Waals surface area contributed by atoms with Gasteiger partial charge < -0.3 is 10.1 Å². The van der Waals surface area contributed by atoms with Gasteiger partial charge in [-0.05, 0) is 23.5 Å². The lowest BCUT2D eigenvalue weighted by Gasteiger charge is -2.23. The van der Waals surface area contributed by atoms with Crippen LogP contribution in [0, 0.1) is 5.92 Å². The number of hydrogen-bond acceptors (Lipinski definition) is 4. The van der Waals surface area contributed by atoms with Crippen molar-refractivity contribution in [3.63, 3.8) is 0 Å². The third-order valence-electron chi connectivity index (χ3n) is 4.28. The van der Waals surface area contributed by atoms with E-state index in [1.54, 1.807) is 0 Å². The van der Waals surface area contributed by atoms with Crippen LogP contribution >= 0.6 is 0 Å². The Morgan fingerprint density at radius 1 is 1.33 bits per heavy atom. The molecule has 0 radical (unpaired) electrons. The maximum absolute atomic E-state index is 11.9. The molecule has 0 saturated carbocycles. The monoisotopic (exact) mass is 288 g/mol. The van der Waals surface area contributed by atoms with Crippen molar-refractivity contribution in [2.75, 3.05) is 7.11 Å². The van der Waals surface area contributed by atoms with Crippen molar-refractivity contribution in [3.05, 3.63) is 35.4 Å². The summed E-state index contributed by atoms with van der Waals surface area (Å²) in [5, 5.41) is 4.90. The standard InChI is InChI=1S/C15H16N2O4/c1-21-12(18)7-10-9-5-3-2-4-8(9)6-11(10)13-14(19)17-15(20)16-13/h2-5,10-11,13H,6-7H2,1H3,(H2,16,17,19,20). The SMILES string of the molecule is COC(=O)CC1c2ccccc2CC1C1NC(=O)NC1=O. The van der Waals surface area contributed by atoms with E-state index in [1.807, 2.05) is 24.3 Å². The molecular weight excluding hydrogens is 272 g/mol. The summed E-state index contributed by atoms with van der Waals surface area (Å²) in [4.78, 5) is 34.9. The molecule has 3 amide bonds. The fraction of sp³-hybridized carbons (Fsp3) is 0.400. The van der Waals surface area contributed by atoms with E-state index in [0.29, 0.717) is 6.42 Å². The number of benzene rings is 1. The fourth-order valence-corrected chi connectivity index (χ4v) is 3.32. The van der Waals surface area contributed by atoms with Crippen molar-refractivity contribution < 1.29 is 19.1 Å². The van der Waals surface area contributed by atoms with Gasteiger partial charge in [-0.15, -0.1) is 0 Å². The highest BCUT2D eigenvalue weighted by molar-refractivity contribution is 6.04. The van der Waals surface area contributed by atoms with E-state index in [0.717, 1.165) is 11.1 Å². The number of nitrogens with one attached hydrogen (secondary N) is 2. The van der Waals surface area contributed by atoms with E-state index in [9.17, 15) is 14.4 Å². The first-order valence-corrected chi connectivity index (χ1v) is 6.86. The zero-order chi connectivity index (χ0) is 15.0. The molecule has 1 aromatic rings. The summed E-state index contributed by atoms with van der Waals surface area (Å²) in [5.74, 6) is -0.894. The summed E-state index contributed by atoms with van der Waals surface area (Å²) in [5.41, 5.74) is 2.17. The van der Waals surface area contributed by atoms with Gasteiger partial charge in [0.1, 0.15) is 6.04 Å². The molecule has 2 aliphatic rings. The van der Waals surface area contributed by atoms with Crippen molar-refractivity contribution >= 4 is 17.9 Å². The maximum atomic E-state index is 11.9. The predicted molar refractivity (Wildman–Crippen MR) is 73.5 cm³/mol. The Morgan fingerprint density at radius 3 is 2.76 bits per heavy atom. The minimum Gasteiger partial charge on any atom is -0.469 e. The van der Waals surface area contributed by atoms with Gasteiger partial charge in [-0.25, -0.2) is 4.79 Å². The number of imide groups is 1. The Balaban J connectivity index is 1.91. The number of urea groups is 1. The van der Waals surface area contributed by atoms with Gasteiger partial charge in [-0.3, -0.25) is 14.9 Å². The van der Waals surface area contributed by atoms with Crippen molar-refractivity contribution in [3.8, 4) is 0 Å². The molecule has 3 unspecified atom stereocenters. The zero-order valence-electron chi connectivity index (χ0n) is 11.6. The number of methoxy groups -OCH3 is 1. The van der Waals surface area contributed by atoms with Crippen LogP contribution in [-0.4, -0.2) is 31.1 Å². The van der Waals surface area contributed by atoms with Crippen molar-refractivity contribution in [2.24, 2.45) is 5.92 Å². The van der Waals surface area contributed by atoms with E-state index < -0.39 is 12.1 Å². The topological polar surface area (TPSA) is 84.5 Å². The predicted octanol–water partition coefficient (Wildman–Crippen LogP) is 0.714. The van der Waals surface area contributed by atoms with Crippen molar-refractivity contribution in [1.29, 1.82) is 0 Å². The summed E-state index contributed by atoms with van der Waals surface area (Å²) in [6.07, 6.45) is 0.869. The van der Waals surface area contributed by atoms with Gasteiger partial charge in [0.05, 0.1) is 13.5 Å². The van der Waals surface area contributed by atoms with Crippen LogP contribution in [0.1, 0.15) is 23.5 Å². The normalized spacial score (nSPS) is 27.0. The molecule has 1 fully saturated rings. The van der Waals surface area contributed by atoms with Crippen LogP contribution in [0.4, 0.5) is 4.79 Å². The molecule has 1 aliphatic heterocycles. The summed E-state index contributed by atoms with van der Waals surface area (Å²) in [6, 6.07) is 6.74. The summed E-state index contributed by atoms with van der Waals surface area (Å²) < 4.78 is 4.76. The minimum absolute atomic E-state index is 0.122. The number of hydrogen-bond donors (Lipinski definition) is 2. The third kappa shape index (κ3) is 2.37. The van der Waals surface area contributed by atoms with Gasteiger partial charge in [-0.1, -0.05) is 24.3 Å². The number of amides is 3. The van der Waals surface area contributed by atoms with Crippen LogP contribution in [0.5, 0.6) is 0 Å². The highest BCUT2D eigenvalue weighted by Gasteiger charge is 2.45. The van der Waals surface area contributed by atoms with E-state index in [4.69, 9.17) is 4.74 Å². The molecule has 0 bridgehead atoms. The number of ether oxygens (including phenoxy) is 1. The van der Waals surface area contributed by atoms with Gasteiger partial charge in [0, 0.05) is 5.92 Å². The molecular formula is C15H16N2O4. The molecule has 3 rings (SSSR count). The number of carbonyl (C=O) groups excluding carboxylic acids is 3. The zero-order valence-corrected chi connectivity index (χ0v) is 11.6. The summed E-state index contributed by atoms with van der Waals surface area (Å²) in [7, 11) is 1.35. The Bertz CT molecular complexity index is 613. The Kier molecular flexibility index (Phi) is 3.37. The van der Waals surface area contributed by atoms with Gasteiger partial charge in [0.15, 0.2) is 0 Å². The molecule has 6 nitrogen and oxygen atoms in total. The van der Waals surface area contributed by atoms with Gasteiger partial charge in [0.2, 0.25) is 0 Å². The highest BCUT2D eigenvalue weighted by Crippen LogP contribution is 2.42. The maximum Gasteiger partial charge on any atom is 0.322 e. The smallest absolute Gasteiger partial charge is 0.322 e. The van der Waals surface area contributed by atoms with Gasteiger partial charge in [-0.2, -0.15) is 0 Å². The van der Waals surface area contributed by atoms with E-state index in [2.05, 4.69) is 10.6 Å². The first kappa shape index (κ1) is 13.6. The number of fused-ring (bicyclic) bond motifs is 1. The quantitative estimate of drug-likeness (QED) is 0.634. The molecule has 1 saturated heterocycles. The van der Waals surface area contributed by atoms with E-state index >= 15 is 0 Å². The fourth-order valence-electron chi connectivity index (χ4n) is 3.32. The lowest BCUT2D eigenvalue weighted by Crippen LogP contribution is -2.39. The Morgan fingerprint density at radius 2 is 2.10 bits per heavy atom. The largest absolute Gasteiger partial charge is 0.469 e. The molecule has 1 aliphatic carbocycles. The van der Waals surface area contributed by atoms with E-state index in [1.165, 1.54) is 7.11 Å². The first-order valence-electron chi connectivity index (χ1n) is 6.86. The van der Waals surface area contributed by atoms with Crippen LogP contribution in [0.15, 0.2) is 24.3 Å². The molecule has 2 N–H and O–H groups in total. The van der Waals surface area contributed by atoms with Crippen LogP contribution in [-0.2, 0) is 20.7 Å². The molecule has 6 heteroatoms. The number of rotatable bonds is 3. The number of carbonyl (C=O) groups is 3. The molecule has 21 heavy (non-hydrogen) atoms. The molecule has 1 heterocycles. The van der Waals surface area contributed by atoms with Crippen LogP contribution in [0.3, 0.4) is 0 Å². The molecule has 0 aromatic heterocycles. The van der Waals surface area contributed by atoms with E-state index in [-0.39, 0.29) is 30.1 Å². The molecule has 1 aromatic carbocycles. The molecule has 3 atom stereocenters. The lowest BCUT2D eigenvalue weighted by atomic mass is 9.84. The minimum atomic E-state index is -0.598. The average Bonchev–Trinajstić information content (AvgIpc) is 2.99. The molecule has 0 spiro atoms. The average molecular weight is 288 g/mol. The summed E-state index contributed by atoms with van der Waals surface area (Å²) in [6.45, 7) is 0.